The van der Waals surface area contributed by atoms with E-state index in [1.807, 2.05) is 36.1 Å². The number of hydrogen-bond acceptors (Lipinski definition) is 4. The van der Waals surface area contributed by atoms with Crippen LogP contribution >= 0.6 is 0 Å². The highest BCUT2D eigenvalue weighted by atomic mass is 16.2. The van der Waals surface area contributed by atoms with Crippen molar-refractivity contribution in [2.24, 2.45) is 7.05 Å². The molecule has 1 aliphatic heterocycles. The van der Waals surface area contributed by atoms with Gasteiger partial charge in [0.15, 0.2) is 0 Å². The van der Waals surface area contributed by atoms with Crippen LogP contribution in [0.4, 0.5) is 0 Å². The molecule has 1 amide bonds. The summed E-state index contributed by atoms with van der Waals surface area (Å²) in [6, 6.07) is 7.62. The maximum absolute atomic E-state index is 13.2. The summed E-state index contributed by atoms with van der Waals surface area (Å²) in [5.74, 6) is 0.885. The Bertz CT molecular complexity index is 1050. The maximum atomic E-state index is 13.2. The molecule has 3 heterocycles. The number of fused-ring (bicyclic) bond motifs is 1. The van der Waals surface area contributed by atoms with Gasteiger partial charge < -0.3 is 4.90 Å². The van der Waals surface area contributed by atoms with Gasteiger partial charge >= 0.3 is 5.69 Å². The number of hydrogen-bond donors (Lipinski definition) is 0. The number of amides is 1. The molecular formula is C20H23N5O2. The average molecular weight is 365 g/mol. The molecular weight excluding hydrogens is 342 g/mol. The van der Waals surface area contributed by atoms with Gasteiger partial charge in [-0.1, -0.05) is 12.1 Å². The van der Waals surface area contributed by atoms with Gasteiger partial charge in [-0.25, -0.2) is 9.48 Å². The molecule has 0 spiro atoms. The van der Waals surface area contributed by atoms with Crippen molar-refractivity contribution in [3.8, 4) is 0 Å². The quantitative estimate of drug-likeness (QED) is 0.713. The van der Waals surface area contributed by atoms with Gasteiger partial charge in [-0.2, -0.15) is 5.10 Å². The largest absolute Gasteiger partial charge is 0.345 e. The number of pyridine rings is 1. The number of carbonyl (C=O) groups is 1. The second kappa shape index (κ2) is 6.98. The highest BCUT2D eigenvalue weighted by Gasteiger charge is 2.29. The number of benzene rings is 1. The van der Waals surface area contributed by atoms with Gasteiger partial charge in [0.1, 0.15) is 5.82 Å². The summed E-state index contributed by atoms with van der Waals surface area (Å²) >= 11 is 0. The van der Waals surface area contributed by atoms with Crippen LogP contribution in [0, 0.1) is 0 Å². The fraction of sp³-hybridized carbons (Fsp3) is 0.400. The van der Waals surface area contributed by atoms with Crippen LogP contribution in [0.3, 0.4) is 0 Å². The molecule has 0 unspecified atom stereocenters. The van der Waals surface area contributed by atoms with Crippen molar-refractivity contribution in [2.45, 2.75) is 32.2 Å². The number of nitrogens with zero attached hydrogens (tertiary/aromatic N) is 5. The van der Waals surface area contributed by atoms with Crippen molar-refractivity contribution in [3.63, 3.8) is 0 Å². The lowest BCUT2D eigenvalue weighted by Gasteiger charge is -2.32. The van der Waals surface area contributed by atoms with Gasteiger partial charge in [-0.05, 0) is 37.3 Å². The van der Waals surface area contributed by atoms with E-state index in [1.54, 1.807) is 24.0 Å². The zero-order valence-corrected chi connectivity index (χ0v) is 15.6. The van der Waals surface area contributed by atoms with Crippen LogP contribution in [0.1, 0.15) is 41.9 Å². The minimum atomic E-state index is -0.0995. The molecule has 1 fully saturated rings. The summed E-state index contributed by atoms with van der Waals surface area (Å²) in [6.07, 6.45) is 5.32. The van der Waals surface area contributed by atoms with Gasteiger partial charge in [0.05, 0.1) is 0 Å². The van der Waals surface area contributed by atoms with E-state index in [2.05, 4.69) is 10.1 Å². The third-order valence-corrected chi connectivity index (χ3v) is 5.34. The van der Waals surface area contributed by atoms with Gasteiger partial charge in [-0.15, -0.1) is 0 Å². The highest BCUT2D eigenvalue weighted by Crippen LogP contribution is 2.27. The number of likely N-dealkylation sites (tertiary alicyclic amines) is 1. The lowest BCUT2D eigenvalue weighted by atomic mass is 9.96. The van der Waals surface area contributed by atoms with Crippen LogP contribution in [0.2, 0.25) is 0 Å². The molecule has 0 bridgehead atoms. The minimum absolute atomic E-state index is 0.0258. The molecule has 7 nitrogen and oxygen atoms in total. The van der Waals surface area contributed by atoms with E-state index < -0.39 is 0 Å². The van der Waals surface area contributed by atoms with Crippen molar-refractivity contribution in [1.29, 1.82) is 0 Å². The summed E-state index contributed by atoms with van der Waals surface area (Å²) in [5, 5.41) is 6.32. The van der Waals surface area contributed by atoms with E-state index in [0.29, 0.717) is 18.7 Å². The lowest BCUT2D eigenvalue weighted by Crippen LogP contribution is -2.40. The molecule has 7 heteroatoms. The molecule has 4 rings (SSSR count). The Morgan fingerprint density at radius 1 is 1.30 bits per heavy atom. The van der Waals surface area contributed by atoms with Crippen molar-refractivity contribution in [1.82, 2.24) is 24.2 Å². The highest BCUT2D eigenvalue weighted by molar-refractivity contribution is 6.06. The van der Waals surface area contributed by atoms with Gasteiger partial charge in [0.25, 0.3) is 5.91 Å². The second-order valence-electron chi connectivity index (χ2n) is 7.00. The zero-order valence-electron chi connectivity index (χ0n) is 15.6. The van der Waals surface area contributed by atoms with E-state index in [0.717, 1.165) is 36.0 Å². The van der Waals surface area contributed by atoms with Gasteiger partial charge in [-0.3, -0.25) is 14.3 Å². The predicted octanol–water partition coefficient (Wildman–Crippen LogP) is 2.17. The summed E-state index contributed by atoms with van der Waals surface area (Å²) < 4.78 is 3.10. The minimum Gasteiger partial charge on any atom is -0.338 e. The van der Waals surface area contributed by atoms with Crippen molar-refractivity contribution in [2.75, 3.05) is 13.1 Å². The predicted molar refractivity (Wildman–Crippen MR) is 103 cm³/mol. The van der Waals surface area contributed by atoms with Crippen LogP contribution in [0.5, 0.6) is 0 Å². The molecule has 1 saturated heterocycles. The van der Waals surface area contributed by atoms with E-state index in [4.69, 9.17) is 0 Å². The lowest BCUT2D eigenvalue weighted by molar-refractivity contribution is 0.0705. The van der Waals surface area contributed by atoms with E-state index in [9.17, 15) is 9.59 Å². The third-order valence-electron chi connectivity index (χ3n) is 5.34. The molecule has 2 aromatic heterocycles. The van der Waals surface area contributed by atoms with Crippen molar-refractivity contribution in [3.05, 3.63) is 58.5 Å². The van der Waals surface area contributed by atoms with E-state index >= 15 is 0 Å². The third kappa shape index (κ3) is 3.03. The van der Waals surface area contributed by atoms with Crippen molar-refractivity contribution >= 4 is 16.7 Å². The maximum Gasteiger partial charge on any atom is 0.345 e. The Morgan fingerprint density at radius 2 is 2.15 bits per heavy atom. The van der Waals surface area contributed by atoms with Gasteiger partial charge in [0.2, 0.25) is 0 Å². The summed E-state index contributed by atoms with van der Waals surface area (Å²) in [7, 11) is 1.67. The van der Waals surface area contributed by atoms with Crippen LogP contribution in [0.15, 0.2) is 41.5 Å². The Morgan fingerprint density at radius 3 is 2.96 bits per heavy atom. The summed E-state index contributed by atoms with van der Waals surface area (Å²) in [5.41, 5.74) is 0.599. The first-order valence-electron chi connectivity index (χ1n) is 9.36. The molecule has 0 aliphatic carbocycles. The first kappa shape index (κ1) is 17.5. The number of rotatable bonds is 3. The fourth-order valence-corrected chi connectivity index (χ4v) is 3.97. The topological polar surface area (TPSA) is 73.0 Å². The van der Waals surface area contributed by atoms with Crippen LogP contribution in [-0.4, -0.2) is 43.2 Å². The summed E-state index contributed by atoms with van der Waals surface area (Å²) in [4.78, 5) is 31.5. The molecule has 27 heavy (non-hydrogen) atoms. The Balaban J connectivity index is 1.64. The molecule has 1 aliphatic rings. The molecule has 140 valence electrons. The Labute approximate surface area is 157 Å². The SMILES string of the molecule is CCn1c([C@H]2CCCN(C(=O)c3cccc4cnccc34)C2)nn(C)c1=O. The Hall–Kier alpha value is -2.96. The number of aromatic nitrogens is 4. The van der Waals surface area contributed by atoms with E-state index in [1.165, 1.54) is 4.68 Å². The first-order valence-corrected chi connectivity index (χ1v) is 9.36. The molecule has 3 aromatic rings. The first-order chi connectivity index (χ1) is 13.1. The molecule has 0 radical (unpaired) electrons. The standard InChI is InChI=1S/C20H23N5O2/c1-3-25-18(22-23(2)20(25)27)15-7-5-11-24(13-15)19(26)17-8-4-6-14-12-21-10-9-16(14)17/h4,6,8-10,12,15H,3,5,7,11,13H2,1-2H3/t15-/m0/s1. The van der Waals surface area contributed by atoms with Gasteiger partial charge in [0, 0.05) is 55.9 Å². The number of carbonyl (C=O) groups excluding carboxylic acids is 1. The molecule has 0 saturated carbocycles. The average Bonchev–Trinajstić information content (AvgIpc) is 3.01. The summed E-state index contributed by atoms with van der Waals surface area (Å²) in [6.45, 7) is 3.84. The zero-order chi connectivity index (χ0) is 19.0. The number of piperidine rings is 1. The normalized spacial score (nSPS) is 17.4. The van der Waals surface area contributed by atoms with Crippen LogP contribution < -0.4 is 5.69 Å². The molecule has 0 N–H and O–H groups in total. The fourth-order valence-electron chi connectivity index (χ4n) is 3.97. The van der Waals surface area contributed by atoms with Crippen LogP contribution in [-0.2, 0) is 13.6 Å². The monoisotopic (exact) mass is 365 g/mol. The smallest absolute Gasteiger partial charge is 0.338 e. The van der Waals surface area contributed by atoms with Crippen LogP contribution in [0.25, 0.3) is 10.8 Å². The number of aryl methyl sites for hydroxylation is 1. The van der Waals surface area contributed by atoms with E-state index in [-0.39, 0.29) is 17.5 Å². The molecule has 1 atom stereocenters. The second-order valence-corrected chi connectivity index (χ2v) is 7.00. The van der Waals surface area contributed by atoms with Crippen molar-refractivity contribution < 1.29 is 4.79 Å². The Kier molecular flexibility index (Phi) is 4.51. The molecule has 1 aromatic carbocycles.